The summed E-state index contributed by atoms with van der Waals surface area (Å²) < 4.78 is 12.4. The standard InChI is InChI=1S/C28H25IN2O5S2/c1-17-7-9-18(10-8-17)16-36-26-22(29)11-19(12-23(26)35-2)13-24-27(33)31(28(34)38-24)15-25(32)30-20-5-4-6-21(14-20)37-3/h4-14H,15-16H2,1-3H3,(H,30,32)/b24-13-. The fourth-order valence-electron chi connectivity index (χ4n) is 3.64. The average molecular weight is 661 g/mol. The Morgan fingerprint density at radius 1 is 1.13 bits per heavy atom. The van der Waals surface area contributed by atoms with E-state index in [1.54, 1.807) is 37.1 Å². The second kappa shape index (κ2) is 12.7. The van der Waals surface area contributed by atoms with E-state index in [-0.39, 0.29) is 11.4 Å². The number of nitrogens with one attached hydrogen (secondary N) is 1. The molecule has 3 aromatic rings. The van der Waals surface area contributed by atoms with Crippen molar-refractivity contribution in [1.82, 2.24) is 4.90 Å². The molecule has 1 saturated heterocycles. The minimum Gasteiger partial charge on any atom is -0.493 e. The van der Waals surface area contributed by atoms with E-state index in [1.807, 2.05) is 61.7 Å². The number of anilines is 1. The van der Waals surface area contributed by atoms with Gasteiger partial charge in [-0.05, 0) is 95.1 Å². The number of carbonyl (C=O) groups is 3. The van der Waals surface area contributed by atoms with Gasteiger partial charge in [0.05, 0.1) is 15.6 Å². The van der Waals surface area contributed by atoms with Crippen LogP contribution in [0.1, 0.15) is 16.7 Å². The van der Waals surface area contributed by atoms with Gasteiger partial charge in [0.25, 0.3) is 11.1 Å². The molecular formula is C28H25IN2O5S2. The fourth-order valence-corrected chi connectivity index (χ4v) is 5.71. The van der Waals surface area contributed by atoms with E-state index in [1.165, 1.54) is 5.56 Å². The van der Waals surface area contributed by atoms with Gasteiger partial charge in [-0.15, -0.1) is 11.8 Å². The van der Waals surface area contributed by atoms with Crippen LogP contribution in [0.25, 0.3) is 6.08 Å². The lowest BCUT2D eigenvalue weighted by Crippen LogP contribution is -2.36. The molecule has 0 atom stereocenters. The van der Waals surface area contributed by atoms with Gasteiger partial charge in [0.1, 0.15) is 13.2 Å². The SMILES string of the molecule is COc1cc(/C=C2\SC(=O)N(CC(=O)Nc3cccc(SC)c3)C2=O)cc(I)c1OCc1ccc(C)cc1. The lowest BCUT2D eigenvalue weighted by atomic mass is 10.1. The number of amides is 3. The van der Waals surface area contributed by atoms with Gasteiger partial charge in [-0.3, -0.25) is 19.3 Å². The first-order chi connectivity index (χ1) is 18.3. The molecule has 4 rings (SSSR count). The van der Waals surface area contributed by atoms with Crippen molar-refractivity contribution < 1.29 is 23.9 Å². The molecular weight excluding hydrogens is 635 g/mol. The highest BCUT2D eigenvalue weighted by atomic mass is 127. The van der Waals surface area contributed by atoms with Gasteiger partial charge in [0.15, 0.2) is 11.5 Å². The third-order valence-corrected chi connectivity index (χ3v) is 8.02. The lowest BCUT2D eigenvalue weighted by Gasteiger charge is -2.14. The molecule has 0 bridgehead atoms. The number of hydrogen-bond acceptors (Lipinski definition) is 7. The Kier molecular flexibility index (Phi) is 9.40. The number of imide groups is 1. The van der Waals surface area contributed by atoms with Crippen LogP contribution in [-0.2, 0) is 16.2 Å². The van der Waals surface area contributed by atoms with E-state index >= 15 is 0 Å². The maximum Gasteiger partial charge on any atom is 0.294 e. The average Bonchev–Trinajstić information content (AvgIpc) is 3.15. The van der Waals surface area contributed by atoms with Crippen LogP contribution >= 0.6 is 46.1 Å². The Morgan fingerprint density at radius 2 is 1.89 bits per heavy atom. The van der Waals surface area contributed by atoms with E-state index in [2.05, 4.69) is 27.9 Å². The molecule has 1 aliphatic rings. The van der Waals surface area contributed by atoms with Gasteiger partial charge in [0, 0.05) is 10.6 Å². The van der Waals surface area contributed by atoms with E-state index in [4.69, 9.17) is 9.47 Å². The van der Waals surface area contributed by atoms with Crippen LogP contribution in [0.4, 0.5) is 10.5 Å². The first-order valence-corrected chi connectivity index (χ1v) is 14.6. The quantitative estimate of drug-likeness (QED) is 0.158. The van der Waals surface area contributed by atoms with E-state index < -0.39 is 17.1 Å². The van der Waals surface area contributed by atoms with Crippen molar-refractivity contribution in [2.24, 2.45) is 0 Å². The number of nitrogens with zero attached hydrogens (tertiary/aromatic N) is 1. The number of methoxy groups -OCH3 is 1. The summed E-state index contributed by atoms with van der Waals surface area (Å²) in [5.74, 6) is 0.155. The third-order valence-electron chi connectivity index (χ3n) is 5.58. The molecule has 0 radical (unpaired) electrons. The van der Waals surface area contributed by atoms with Gasteiger partial charge < -0.3 is 14.8 Å². The van der Waals surface area contributed by atoms with Crippen molar-refractivity contribution in [3.63, 3.8) is 0 Å². The highest BCUT2D eigenvalue weighted by Crippen LogP contribution is 2.37. The van der Waals surface area contributed by atoms with Gasteiger partial charge >= 0.3 is 0 Å². The summed E-state index contributed by atoms with van der Waals surface area (Å²) in [6, 6.07) is 19.1. The Hall–Kier alpha value is -2.96. The van der Waals surface area contributed by atoms with E-state index in [0.29, 0.717) is 29.4 Å². The zero-order valence-electron chi connectivity index (χ0n) is 20.9. The molecule has 0 aliphatic carbocycles. The van der Waals surface area contributed by atoms with Crippen molar-refractivity contribution in [3.05, 3.63) is 85.8 Å². The number of thioether (sulfide) groups is 2. The number of hydrogen-bond donors (Lipinski definition) is 1. The summed E-state index contributed by atoms with van der Waals surface area (Å²) in [4.78, 5) is 40.3. The molecule has 3 aromatic carbocycles. The summed E-state index contributed by atoms with van der Waals surface area (Å²) in [5, 5.41) is 2.25. The zero-order valence-corrected chi connectivity index (χ0v) is 24.7. The molecule has 196 valence electrons. The monoisotopic (exact) mass is 660 g/mol. The Labute approximate surface area is 243 Å². The van der Waals surface area contributed by atoms with Crippen LogP contribution in [0.5, 0.6) is 11.5 Å². The van der Waals surface area contributed by atoms with Crippen LogP contribution < -0.4 is 14.8 Å². The van der Waals surface area contributed by atoms with E-state index in [0.717, 1.165) is 30.7 Å². The van der Waals surface area contributed by atoms with Crippen LogP contribution in [0.2, 0.25) is 0 Å². The minimum absolute atomic E-state index is 0.235. The molecule has 1 heterocycles. The predicted molar refractivity (Wildman–Crippen MR) is 161 cm³/mol. The summed E-state index contributed by atoms with van der Waals surface area (Å²) in [5.41, 5.74) is 3.50. The molecule has 0 spiro atoms. The maximum absolute atomic E-state index is 13.0. The number of aryl methyl sites for hydroxylation is 1. The molecule has 0 saturated carbocycles. The van der Waals surface area contributed by atoms with Crippen molar-refractivity contribution >= 4 is 74.9 Å². The first kappa shape index (κ1) is 28.1. The second-order valence-corrected chi connectivity index (χ2v) is 11.4. The van der Waals surface area contributed by atoms with Gasteiger partial charge in [-0.25, -0.2) is 0 Å². The third kappa shape index (κ3) is 6.91. The summed E-state index contributed by atoms with van der Waals surface area (Å²) in [7, 11) is 1.55. The summed E-state index contributed by atoms with van der Waals surface area (Å²) in [6.45, 7) is 2.05. The molecule has 1 aliphatic heterocycles. The Morgan fingerprint density at radius 3 is 2.61 bits per heavy atom. The minimum atomic E-state index is -0.512. The lowest BCUT2D eigenvalue weighted by molar-refractivity contribution is -0.127. The number of ether oxygens (including phenoxy) is 2. The Balaban J connectivity index is 1.45. The van der Waals surface area contributed by atoms with Crippen molar-refractivity contribution in [1.29, 1.82) is 0 Å². The topological polar surface area (TPSA) is 84.9 Å². The summed E-state index contributed by atoms with van der Waals surface area (Å²) >= 11 is 4.51. The maximum atomic E-state index is 13.0. The van der Waals surface area contributed by atoms with Crippen molar-refractivity contribution in [2.75, 3.05) is 25.2 Å². The summed E-state index contributed by atoms with van der Waals surface area (Å²) in [6.07, 6.45) is 3.56. The van der Waals surface area contributed by atoms with Crippen LogP contribution in [0.15, 0.2) is 70.5 Å². The smallest absolute Gasteiger partial charge is 0.294 e. The molecule has 1 N–H and O–H groups in total. The number of carbonyl (C=O) groups excluding carboxylic acids is 3. The molecule has 0 aromatic heterocycles. The van der Waals surface area contributed by atoms with Gasteiger partial charge in [-0.1, -0.05) is 35.9 Å². The zero-order chi connectivity index (χ0) is 27.2. The second-order valence-electron chi connectivity index (χ2n) is 8.36. The van der Waals surface area contributed by atoms with Crippen LogP contribution in [0.3, 0.4) is 0 Å². The van der Waals surface area contributed by atoms with Crippen molar-refractivity contribution in [2.45, 2.75) is 18.4 Å². The Bertz CT molecular complexity index is 1410. The van der Waals surface area contributed by atoms with E-state index in [9.17, 15) is 14.4 Å². The molecule has 10 heteroatoms. The largest absolute Gasteiger partial charge is 0.493 e. The van der Waals surface area contributed by atoms with Crippen LogP contribution in [0, 0.1) is 10.5 Å². The number of rotatable bonds is 9. The number of halogens is 1. The molecule has 38 heavy (non-hydrogen) atoms. The highest BCUT2D eigenvalue weighted by Gasteiger charge is 2.36. The molecule has 1 fully saturated rings. The first-order valence-electron chi connectivity index (χ1n) is 11.5. The molecule has 3 amide bonds. The predicted octanol–water partition coefficient (Wildman–Crippen LogP) is 6.58. The molecule has 0 unspecified atom stereocenters. The highest BCUT2D eigenvalue weighted by molar-refractivity contribution is 14.1. The number of benzene rings is 3. The normalized spacial score (nSPS) is 14.2. The van der Waals surface area contributed by atoms with Gasteiger partial charge in [-0.2, -0.15) is 0 Å². The molecule has 7 nitrogen and oxygen atoms in total. The van der Waals surface area contributed by atoms with Crippen LogP contribution in [-0.4, -0.2) is 41.9 Å². The van der Waals surface area contributed by atoms with Gasteiger partial charge in [0.2, 0.25) is 5.91 Å². The van der Waals surface area contributed by atoms with Crippen molar-refractivity contribution in [3.8, 4) is 11.5 Å². The fraction of sp³-hybridized carbons (Fsp3) is 0.179.